The number of hydrogen-bond donors (Lipinski definition) is 1. The molecule has 2 aromatic rings. The number of rotatable bonds is 5. The summed E-state index contributed by atoms with van der Waals surface area (Å²) >= 11 is 3.39. The van der Waals surface area contributed by atoms with Crippen molar-refractivity contribution in [2.24, 2.45) is 0 Å². The van der Waals surface area contributed by atoms with Crippen molar-refractivity contribution in [3.63, 3.8) is 0 Å². The summed E-state index contributed by atoms with van der Waals surface area (Å²) in [6.07, 6.45) is 0.0264. The SMILES string of the molecule is O=C(NC[C@@H]1CN(Cc2ccccc2)CCO1)c1cccc(Br)c1. The first kappa shape index (κ1) is 17.1. The van der Waals surface area contributed by atoms with Crippen LogP contribution in [0.4, 0.5) is 0 Å². The van der Waals surface area contributed by atoms with Gasteiger partial charge in [-0.3, -0.25) is 9.69 Å². The quantitative estimate of drug-likeness (QED) is 0.855. The van der Waals surface area contributed by atoms with Crippen LogP contribution in [0.1, 0.15) is 15.9 Å². The van der Waals surface area contributed by atoms with Crippen molar-refractivity contribution in [2.45, 2.75) is 12.6 Å². The Morgan fingerprint density at radius 3 is 2.83 bits per heavy atom. The van der Waals surface area contributed by atoms with Crippen LogP contribution in [0.2, 0.25) is 0 Å². The molecule has 0 aromatic heterocycles. The van der Waals surface area contributed by atoms with E-state index in [4.69, 9.17) is 4.74 Å². The first-order valence-corrected chi connectivity index (χ1v) is 8.91. The van der Waals surface area contributed by atoms with Gasteiger partial charge in [0.1, 0.15) is 0 Å². The van der Waals surface area contributed by atoms with Gasteiger partial charge in [0.2, 0.25) is 0 Å². The average molecular weight is 389 g/mol. The summed E-state index contributed by atoms with van der Waals surface area (Å²) in [5, 5.41) is 2.97. The van der Waals surface area contributed by atoms with Gasteiger partial charge in [0.15, 0.2) is 0 Å². The third kappa shape index (κ3) is 4.90. The lowest BCUT2D eigenvalue weighted by atomic mass is 10.2. The van der Waals surface area contributed by atoms with E-state index >= 15 is 0 Å². The minimum absolute atomic E-state index is 0.0264. The normalized spacial score (nSPS) is 18.3. The summed E-state index contributed by atoms with van der Waals surface area (Å²) in [7, 11) is 0. The van der Waals surface area contributed by atoms with Crippen molar-refractivity contribution in [2.75, 3.05) is 26.2 Å². The van der Waals surface area contributed by atoms with Crippen LogP contribution < -0.4 is 5.32 Å². The van der Waals surface area contributed by atoms with Crippen LogP contribution in [0.25, 0.3) is 0 Å². The maximum absolute atomic E-state index is 12.2. The number of amides is 1. The lowest BCUT2D eigenvalue weighted by molar-refractivity contribution is -0.0292. The van der Waals surface area contributed by atoms with E-state index in [9.17, 15) is 4.79 Å². The zero-order valence-electron chi connectivity index (χ0n) is 13.5. The van der Waals surface area contributed by atoms with Gasteiger partial charge in [-0.1, -0.05) is 52.3 Å². The summed E-state index contributed by atoms with van der Waals surface area (Å²) in [6, 6.07) is 17.8. The molecule has 3 rings (SSSR count). The van der Waals surface area contributed by atoms with Gasteiger partial charge >= 0.3 is 0 Å². The first-order chi connectivity index (χ1) is 11.7. The zero-order valence-corrected chi connectivity index (χ0v) is 15.0. The summed E-state index contributed by atoms with van der Waals surface area (Å²) in [6.45, 7) is 3.89. The second-order valence-electron chi connectivity index (χ2n) is 5.93. The molecule has 1 aliphatic heterocycles. The second-order valence-corrected chi connectivity index (χ2v) is 6.85. The highest BCUT2D eigenvalue weighted by Crippen LogP contribution is 2.12. The Labute approximate surface area is 150 Å². The molecule has 0 spiro atoms. The van der Waals surface area contributed by atoms with Gasteiger partial charge in [0.25, 0.3) is 5.91 Å². The molecule has 4 nitrogen and oxygen atoms in total. The third-order valence-electron chi connectivity index (χ3n) is 4.05. The minimum Gasteiger partial charge on any atom is -0.374 e. The van der Waals surface area contributed by atoms with E-state index in [-0.39, 0.29) is 12.0 Å². The number of ether oxygens (including phenoxy) is 1. The van der Waals surface area contributed by atoms with Crippen molar-refractivity contribution < 1.29 is 9.53 Å². The number of carbonyl (C=O) groups excluding carboxylic acids is 1. The van der Waals surface area contributed by atoms with Gasteiger partial charge in [0.05, 0.1) is 12.7 Å². The maximum Gasteiger partial charge on any atom is 0.251 e. The standard InChI is InChI=1S/C19H21BrN2O2/c20-17-8-4-7-16(11-17)19(23)21-12-18-14-22(9-10-24-18)13-15-5-2-1-3-6-15/h1-8,11,18H,9-10,12-14H2,(H,21,23)/t18-/m1/s1. The molecule has 2 aromatic carbocycles. The molecule has 0 radical (unpaired) electrons. The maximum atomic E-state index is 12.2. The van der Waals surface area contributed by atoms with E-state index in [1.807, 2.05) is 30.3 Å². The average Bonchev–Trinajstić information content (AvgIpc) is 2.61. The van der Waals surface area contributed by atoms with E-state index in [1.165, 1.54) is 5.56 Å². The fourth-order valence-electron chi connectivity index (χ4n) is 2.83. The van der Waals surface area contributed by atoms with Crippen LogP contribution in [0.15, 0.2) is 59.1 Å². The minimum atomic E-state index is -0.0694. The summed E-state index contributed by atoms with van der Waals surface area (Å²) < 4.78 is 6.69. The molecule has 0 bridgehead atoms. The molecular formula is C19H21BrN2O2. The van der Waals surface area contributed by atoms with E-state index in [1.54, 1.807) is 0 Å². The molecule has 0 unspecified atom stereocenters. The van der Waals surface area contributed by atoms with Crippen LogP contribution in [-0.2, 0) is 11.3 Å². The molecule has 0 aliphatic carbocycles. The van der Waals surface area contributed by atoms with Crippen LogP contribution >= 0.6 is 15.9 Å². The Hall–Kier alpha value is -1.69. The summed E-state index contributed by atoms with van der Waals surface area (Å²) in [5.41, 5.74) is 1.96. The number of hydrogen-bond acceptors (Lipinski definition) is 3. The molecule has 126 valence electrons. The molecule has 1 saturated heterocycles. The highest BCUT2D eigenvalue weighted by Gasteiger charge is 2.21. The molecule has 1 amide bonds. The number of nitrogens with one attached hydrogen (secondary N) is 1. The Kier molecular flexibility index (Phi) is 6.01. The second kappa shape index (κ2) is 8.42. The fourth-order valence-corrected chi connectivity index (χ4v) is 3.23. The number of nitrogens with zero attached hydrogens (tertiary/aromatic N) is 1. The zero-order chi connectivity index (χ0) is 16.8. The monoisotopic (exact) mass is 388 g/mol. The largest absolute Gasteiger partial charge is 0.374 e. The number of morpholine rings is 1. The molecule has 1 fully saturated rings. The smallest absolute Gasteiger partial charge is 0.251 e. The van der Waals surface area contributed by atoms with Gasteiger partial charge in [0, 0.05) is 36.2 Å². The lowest BCUT2D eigenvalue weighted by Gasteiger charge is -2.33. The summed E-state index contributed by atoms with van der Waals surface area (Å²) in [5.74, 6) is -0.0694. The van der Waals surface area contributed by atoms with Crippen LogP contribution in [-0.4, -0.2) is 43.2 Å². The molecule has 24 heavy (non-hydrogen) atoms. The van der Waals surface area contributed by atoms with Crippen LogP contribution in [0, 0.1) is 0 Å². The highest BCUT2D eigenvalue weighted by atomic mass is 79.9. The third-order valence-corrected chi connectivity index (χ3v) is 4.54. The fraction of sp³-hybridized carbons (Fsp3) is 0.316. The van der Waals surface area contributed by atoms with Crippen LogP contribution in [0.5, 0.6) is 0 Å². The van der Waals surface area contributed by atoms with E-state index in [2.05, 4.69) is 50.4 Å². The molecule has 1 atom stereocenters. The Morgan fingerprint density at radius 1 is 1.21 bits per heavy atom. The highest BCUT2D eigenvalue weighted by molar-refractivity contribution is 9.10. The Balaban J connectivity index is 1.49. The lowest BCUT2D eigenvalue weighted by Crippen LogP contribution is -2.47. The molecule has 0 saturated carbocycles. The van der Waals surface area contributed by atoms with E-state index in [0.29, 0.717) is 18.7 Å². The van der Waals surface area contributed by atoms with Gasteiger partial charge in [-0.05, 0) is 23.8 Å². The molecular weight excluding hydrogens is 368 g/mol. The number of benzene rings is 2. The number of halogens is 1. The Morgan fingerprint density at radius 2 is 2.04 bits per heavy atom. The van der Waals surface area contributed by atoms with E-state index in [0.717, 1.165) is 24.1 Å². The van der Waals surface area contributed by atoms with Gasteiger partial charge < -0.3 is 10.1 Å². The van der Waals surface area contributed by atoms with Crippen molar-refractivity contribution in [3.8, 4) is 0 Å². The molecule has 1 aliphatic rings. The predicted molar refractivity (Wildman–Crippen MR) is 97.9 cm³/mol. The van der Waals surface area contributed by atoms with Crippen molar-refractivity contribution in [3.05, 3.63) is 70.2 Å². The van der Waals surface area contributed by atoms with Gasteiger partial charge in [-0.2, -0.15) is 0 Å². The van der Waals surface area contributed by atoms with Crippen molar-refractivity contribution >= 4 is 21.8 Å². The van der Waals surface area contributed by atoms with E-state index < -0.39 is 0 Å². The Bertz CT molecular complexity index is 678. The van der Waals surface area contributed by atoms with Crippen molar-refractivity contribution in [1.82, 2.24) is 10.2 Å². The molecule has 1 N–H and O–H groups in total. The predicted octanol–water partition coefficient (Wildman–Crippen LogP) is 3.08. The molecule has 1 heterocycles. The number of carbonyl (C=O) groups is 1. The molecule has 5 heteroatoms. The van der Waals surface area contributed by atoms with Gasteiger partial charge in [-0.25, -0.2) is 0 Å². The van der Waals surface area contributed by atoms with Crippen molar-refractivity contribution in [1.29, 1.82) is 0 Å². The first-order valence-electron chi connectivity index (χ1n) is 8.12. The van der Waals surface area contributed by atoms with Crippen LogP contribution in [0.3, 0.4) is 0 Å². The topological polar surface area (TPSA) is 41.6 Å². The van der Waals surface area contributed by atoms with Gasteiger partial charge in [-0.15, -0.1) is 0 Å². The summed E-state index contributed by atoms with van der Waals surface area (Å²) in [4.78, 5) is 14.6.